The highest BCUT2D eigenvalue weighted by molar-refractivity contribution is 7.71. The van der Waals surface area contributed by atoms with Gasteiger partial charge in [0.1, 0.15) is 11.6 Å². The van der Waals surface area contributed by atoms with Gasteiger partial charge in [-0.05, 0) is 17.8 Å². The molecule has 0 aliphatic carbocycles. The van der Waals surface area contributed by atoms with Crippen molar-refractivity contribution < 1.29 is 0 Å². The highest BCUT2D eigenvalue weighted by atomic mass is 32.1. The van der Waals surface area contributed by atoms with E-state index in [0.717, 1.165) is 5.56 Å². The lowest BCUT2D eigenvalue weighted by Gasteiger charge is -2.26. The summed E-state index contributed by atoms with van der Waals surface area (Å²) < 4.78 is 0.200. The predicted molar refractivity (Wildman–Crippen MR) is 81.0 cm³/mol. The Labute approximate surface area is 124 Å². The van der Waals surface area contributed by atoms with Crippen LogP contribution >= 0.6 is 12.2 Å². The lowest BCUT2D eigenvalue weighted by atomic mass is 9.84. The number of aromatic amines is 2. The number of nitriles is 1. The number of benzene rings is 1. The molecule has 0 spiro atoms. The highest BCUT2D eigenvalue weighted by Crippen LogP contribution is 2.37. The van der Waals surface area contributed by atoms with Crippen LogP contribution in [-0.2, 0) is 0 Å². The van der Waals surface area contributed by atoms with Gasteiger partial charge in [-0.1, -0.05) is 30.3 Å². The number of hydrogen-bond donors (Lipinski definition) is 4. The predicted octanol–water partition coefficient (Wildman–Crippen LogP) is 1.68. The molecular weight excluding hydrogens is 286 g/mol. The second-order valence-corrected chi connectivity index (χ2v) is 5.01. The summed E-state index contributed by atoms with van der Waals surface area (Å²) in [5, 5.41) is 12.2. The molecule has 1 aliphatic heterocycles. The molecule has 2 aromatic rings. The van der Waals surface area contributed by atoms with E-state index < -0.39 is 5.92 Å². The minimum atomic E-state index is -0.525. The van der Waals surface area contributed by atoms with Crippen LogP contribution in [0.2, 0.25) is 0 Å². The van der Waals surface area contributed by atoms with E-state index in [1.165, 1.54) is 0 Å². The third kappa shape index (κ3) is 2.11. The summed E-state index contributed by atoms with van der Waals surface area (Å²) in [5.41, 5.74) is 7.10. The van der Waals surface area contributed by atoms with Crippen molar-refractivity contribution in [2.24, 2.45) is 5.73 Å². The van der Waals surface area contributed by atoms with Gasteiger partial charge in [-0.2, -0.15) is 5.26 Å². The smallest absolute Gasteiger partial charge is 0.258 e. The molecular formula is C14H11N5OS. The van der Waals surface area contributed by atoms with Gasteiger partial charge in [0.2, 0.25) is 0 Å². The number of hydrogen-bond acceptors (Lipinski definition) is 5. The average molecular weight is 297 g/mol. The van der Waals surface area contributed by atoms with Gasteiger partial charge in [0, 0.05) is 0 Å². The fraction of sp³-hybridized carbons (Fsp3) is 0.0714. The van der Waals surface area contributed by atoms with Gasteiger partial charge < -0.3 is 16.0 Å². The van der Waals surface area contributed by atoms with Crippen molar-refractivity contribution >= 4 is 18.0 Å². The Morgan fingerprint density at radius 3 is 2.62 bits per heavy atom. The number of aromatic nitrogens is 2. The number of allylic oxidation sites excluding steroid dienone is 1. The Kier molecular flexibility index (Phi) is 3.08. The third-order valence-electron chi connectivity index (χ3n) is 3.36. The van der Waals surface area contributed by atoms with Crippen molar-refractivity contribution in [3.8, 4) is 6.07 Å². The molecule has 6 nitrogen and oxygen atoms in total. The first-order valence-electron chi connectivity index (χ1n) is 6.20. The number of H-pyrrole nitrogens is 2. The van der Waals surface area contributed by atoms with Crippen molar-refractivity contribution in [3.63, 3.8) is 0 Å². The topological polar surface area (TPSA) is 110 Å². The Morgan fingerprint density at radius 1 is 1.24 bits per heavy atom. The number of nitrogens with zero attached hydrogens (tertiary/aromatic N) is 1. The molecule has 0 radical (unpaired) electrons. The summed E-state index contributed by atoms with van der Waals surface area (Å²) in [6.07, 6.45) is 0. The molecule has 0 saturated heterocycles. The zero-order chi connectivity index (χ0) is 15.0. The van der Waals surface area contributed by atoms with E-state index in [2.05, 4.69) is 21.4 Å². The summed E-state index contributed by atoms with van der Waals surface area (Å²) in [6.45, 7) is 0. The standard InChI is InChI=1S/C14H11N5OS/c15-6-8-9(7-4-2-1-3-5-7)10-12(17-11(8)16)18-14(21)19-13(10)20/h1-5,9H,16H2,(H3,17,18,19,20,21). The van der Waals surface area contributed by atoms with Crippen molar-refractivity contribution in [3.05, 3.63) is 68.0 Å². The Balaban J connectivity index is 2.34. The van der Waals surface area contributed by atoms with Crippen LogP contribution in [0.3, 0.4) is 0 Å². The largest absolute Gasteiger partial charge is 0.384 e. The van der Waals surface area contributed by atoms with Gasteiger partial charge in [-0.25, -0.2) is 0 Å². The van der Waals surface area contributed by atoms with Crippen LogP contribution in [0, 0.1) is 16.1 Å². The van der Waals surface area contributed by atoms with Crippen molar-refractivity contribution in [1.82, 2.24) is 9.97 Å². The molecule has 1 unspecified atom stereocenters. The lowest BCUT2D eigenvalue weighted by Crippen LogP contribution is -2.30. The first-order chi connectivity index (χ1) is 10.1. The summed E-state index contributed by atoms with van der Waals surface area (Å²) in [4.78, 5) is 17.7. The van der Waals surface area contributed by atoms with Crippen molar-refractivity contribution in [1.29, 1.82) is 5.26 Å². The first kappa shape index (κ1) is 13.1. The number of anilines is 1. The molecule has 1 atom stereocenters. The van der Waals surface area contributed by atoms with E-state index in [1.807, 2.05) is 30.3 Å². The lowest BCUT2D eigenvalue weighted by molar-refractivity contribution is 0.875. The zero-order valence-electron chi connectivity index (χ0n) is 10.8. The maximum atomic E-state index is 12.3. The van der Waals surface area contributed by atoms with Crippen LogP contribution in [0.25, 0.3) is 0 Å². The quantitative estimate of drug-likeness (QED) is 0.599. The van der Waals surface area contributed by atoms with E-state index in [4.69, 9.17) is 18.0 Å². The van der Waals surface area contributed by atoms with E-state index in [-0.39, 0.29) is 16.2 Å². The van der Waals surface area contributed by atoms with Crippen molar-refractivity contribution in [2.75, 3.05) is 5.32 Å². The maximum absolute atomic E-state index is 12.3. The molecule has 0 fully saturated rings. The monoisotopic (exact) mass is 297 g/mol. The number of fused-ring (bicyclic) bond motifs is 1. The maximum Gasteiger partial charge on any atom is 0.258 e. The third-order valence-corrected chi connectivity index (χ3v) is 3.56. The summed E-state index contributed by atoms with van der Waals surface area (Å²) in [5.74, 6) is 0.118. The van der Waals surface area contributed by atoms with Gasteiger partial charge >= 0.3 is 0 Å². The second-order valence-electron chi connectivity index (χ2n) is 4.60. The van der Waals surface area contributed by atoms with Crippen LogP contribution in [0.1, 0.15) is 17.0 Å². The van der Waals surface area contributed by atoms with E-state index in [1.54, 1.807) is 0 Å². The second kappa shape index (κ2) is 4.92. The SMILES string of the molecule is N#CC1=C(N)Nc2[nH]c(=S)[nH]c(=O)c2C1c1ccccc1. The first-order valence-corrected chi connectivity index (χ1v) is 6.61. The van der Waals surface area contributed by atoms with Crippen molar-refractivity contribution in [2.45, 2.75) is 5.92 Å². The minimum Gasteiger partial charge on any atom is -0.384 e. The average Bonchev–Trinajstić information content (AvgIpc) is 2.46. The molecule has 0 amide bonds. The molecule has 2 heterocycles. The number of rotatable bonds is 1. The van der Waals surface area contributed by atoms with Gasteiger partial charge in [0.25, 0.3) is 5.56 Å². The van der Waals surface area contributed by atoms with Gasteiger partial charge in [0.15, 0.2) is 4.77 Å². The van der Waals surface area contributed by atoms with Crippen LogP contribution in [0.5, 0.6) is 0 Å². The summed E-state index contributed by atoms with van der Waals surface area (Å²) >= 11 is 4.96. The molecule has 0 bridgehead atoms. The van der Waals surface area contributed by atoms with E-state index in [9.17, 15) is 10.1 Å². The van der Waals surface area contributed by atoms with E-state index >= 15 is 0 Å². The molecule has 0 saturated carbocycles. The summed E-state index contributed by atoms with van der Waals surface area (Å²) in [6, 6.07) is 11.4. The van der Waals surface area contributed by atoms with Gasteiger partial charge in [-0.3, -0.25) is 9.78 Å². The van der Waals surface area contributed by atoms with Crippen LogP contribution in [-0.4, -0.2) is 9.97 Å². The molecule has 1 aliphatic rings. The highest BCUT2D eigenvalue weighted by Gasteiger charge is 2.31. The molecule has 21 heavy (non-hydrogen) atoms. The molecule has 5 N–H and O–H groups in total. The van der Waals surface area contributed by atoms with E-state index in [0.29, 0.717) is 17.0 Å². The zero-order valence-corrected chi connectivity index (χ0v) is 11.6. The summed E-state index contributed by atoms with van der Waals surface area (Å²) in [7, 11) is 0. The van der Waals surface area contributed by atoms with Gasteiger partial charge in [-0.15, -0.1) is 0 Å². The Hall–Kier alpha value is -2.85. The molecule has 3 rings (SSSR count). The molecule has 1 aromatic heterocycles. The Bertz CT molecular complexity index is 888. The number of nitrogens with one attached hydrogen (secondary N) is 3. The number of nitrogens with two attached hydrogens (primary N) is 1. The molecule has 104 valence electrons. The Morgan fingerprint density at radius 2 is 1.95 bits per heavy atom. The van der Waals surface area contributed by atoms with Gasteiger partial charge in [0.05, 0.1) is 23.1 Å². The molecule has 7 heteroatoms. The van der Waals surface area contributed by atoms with Crippen LogP contribution in [0.15, 0.2) is 46.5 Å². The van der Waals surface area contributed by atoms with Crippen LogP contribution in [0.4, 0.5) is 5.82 Å². The minimum absolute atomic E-state index is 0.200. The molecule has 1 aromatic carbocycles. The fourth-order valence-electron chi connectivity index (χ4n) is 2.48. The normalized spacial score (nSPS) is 16.8. The van der Waals surface area contributed by atoms with Crippen LogP contribution < -0.4 is 16.6 Å². The fourth-order valence-corrected chi connectivity index (χ4v) is 2.67.